The van der Waals surface area contributed by atoms with Gasteiger partial charge in [0.1, 0.15) is 5.56 Å². The molecule has 3 rings (SSSR count). The molecule has 1 aliphatic heterocycles. The van der Waals surface area contributed by atoms with Crippen molar-refractivity contribution in [2.24, 2.45) is 19.2 Å². The molecule has 1 aromatic carbocycles. The van der Waals surface area contributed by atoms with Crippen molar-refractivity contribution in [1.82, 2.24) is 14.1 Å². The lowest BCUT2D eigenvalue weighted by atomic mass is 9.99. The Morgan fingerprint density at radius 3 is 2.44 bits per heavy atom. The van der Waals surface area contributed by atoms with Crippen molar-refractivity contribution >= 4 is 27.5 Å². The summed E-state index contributed by atoms with van der Waals surface area (Å²) in [6.45, 7) is 1.73. The lowest BCUT2D eigenvalue weighted by Crippen LogP contribution is -2.39. The van der Waals surface area contributed by atoms with Gasteiger partial charge in [-0.05, 0) is 17.7 Å². The minimum atomic E-state index is -0.644. The highest BCUT2D eigenvalue weighted by Gasteiger charge is 2.35. The van der Waals surface area contributed by atoms with Gasteiger partial charge in [0.2, 0.25) is 11.8 Å². The third kappa shape index (κ3) is 3.23. The second kappa shape index (κ2) is 7.15. The first kappa shape index (κ1) is 19.1. The molecule has 1 atom stereocenters. The van der Waals surface area contributed by atoms with E-state index in [1.807, 2.05) is 24.3 Å². The fourth-order valence-electron chi connectivity index (χ4n) is 3.08. The molecule has 0 aliphatic carbocycles. The first-order chi connectivity index (χ1) is 12.8. The van der Waals surface area contributed by atoms with Crippen LogP contribution in [0.5, 0.6) is 5.88 Å². The number of aromatic nitrogens is 2. The van der Waals surface area contributed by atoms with E-state index in [0.717, 1.165) is 19.2 Å². The molecule has 0 radical (unpaired) electrons. The Morgan fingerprint density at radius 1 is 1.22 bits per heavy atom. The zero-order chi connectivity index (χ0) is 19.9. The van der Waals surface area contributed by atoms with E-state index < -0.39 is 17.1 Å². The van der Waals surface area contributed by atoms with Crippen LogP contribution in [-0.4, -0.2) is 30.9 Å². The van der Waals surface area contributed by atoms with Crippen LogP contribution >= 0.6 is 15.9 Å². The number of benzene rings is 1. The van der Waals surface area contributed by atoms with Crippen LogP contribution in [0.3, 0.4) is 0 Å². The average Bonchev–Trinajstić information content (AvgIpc) is 3.09. The standard InChI is InChI=1S/C18H19BrN4O4/c1-4-14(24)23-13(10-5-7-11(19)8-6-10)9-12(20-23)15-16(25)21(2)18(27)22(3)17(15)26/h5-8,13,25H,4,9H2,1-3H3/t13-/m1/s1. The quantitative estimate of drug-likeness (QED) is 0.793. The molecule has 0 saturated heterocycles. The smallest absolute Gasteiger partial charge is 0.333 e. The van der Waals surface area contributed by atoms with Crippen molar-refractivity contribution in [3.63, 3.8) is 0 Å². The fourth-order valence-corrected chi connectivity index (χ4v) is 3.35. The maximum Gasteiger partial charge on any atom is 0.333 e. The molecule has 1 amide bonds. The Bertz CT molecular complexity index is 1050. The van der Waals surface area contributed by atoms with Crippen molar-refractivity contribution in [2.75, 3.05) is 0 Å². The fraction of sp³-hybridized carbons (Fsp3) is 0.333. The van der Waals surface area contributed by atoms with Crippen LogP contribution in [0.2, 0.25) is 0 Å². The topological polar surface area (TPSA) is 96.9 Å². The van der Waals surface area contributed by atoms with Gasteiger partial charge in [-0.2, -0.15) is 5.10 Å². The molecule has 9 heteroatoms. The predicted octanol–water partition coefficient (Wildman–Crippen LogP) is 1.64. The van der Waals surface area contributed by atoms with Gasteiger partial charge in [0.15, 0.2) is 0 Å². The highest BCUT2D eigenvalue weighted by atomic mass is 79.9. The summed E-state index contributed by atoms with van der Waals surface area (Å²) in [6, 6.07) is 7.10. The summed E-state index contributed by atoms with van der Waals surface area (Å²) in [6.07, 6.45) is 0.509. The monoisotopic (exact) mass is 434 g/mol. The minimum absolute atomic E-state index is 0.0619. The molecule has 1 N–H and O–H groups in total. The summed E-state index contributed by atoms with van der Waals surface area (Å²) in [5.74, 6) is -0.652. The van der Waals surface area contributed by atoms with E-state index in [0.29, 0.717) is 0 Å². The van der Waals surface area contributed by atoms with Gasteiger partial charge < -0.3 is 5.11 Å². The minimum Gasteiger partial charge on any atom is -0.494 e. The van der Waals surface area contributed by atoms with Crippen LogP contribution in [0.4, 0.5) is 0 Å². The molecule has 1 aliphatic rings. The zero-order valence-electron chi connectivity index (χ0n) is 15.1. The Kier molecular flexibility index (Phi) is 5.05. The van der Waals surface area contributed by atoms with Gasteiger partial charge in [0, 0.05) is 31.4 Å². The maximum absolute atomic E-state index is 12.6. The molecule has 1 aromatic heterocycles. The highest BCUT2D eigenvalue weighted by molar-refractivity contribution is 9.10. The van der Waals surface area contributed by atoms with E-state index in [-0.39, 0.29) is 36.1 Å². The molecule has 0 unspecified atom stereocenters. The van der Waals surface area contributed by atoms with Gasteiger partial charge >= 0.3 is 5.69 Å². The van der Waals surface area contributed by atoms with E-state index in [4.69, 9.17) is 0 Å². The summed E-state index contributed by atoms with van der Waals surface area (Å²) >= 11 is 3.38. The van der Waals surface area contributed by atoms with Crippen LogP contribution in [0, 0.1) is 0 Å². The lowest BCUT2D eigenvalue weighted by molar-refractivity contribution is -0.132. The van der Waals surface area contributed by atoms with Gasteiger partial charge in [-0.1, -0.05) is 35.0 Å². The molecular formula is C18H19BrN4O4. The largest absolute Gasteiger partial charge is 0.494 e. The van der Waals surface area contributed by atoms with Crippen LogP contribution in [0.25, 0.3) is 0 Å². The molecule has 27 heavy (non-hydrogen) atoms. The predicted molar refractivity (Wildman–Crippen MR) is 104 cm³/mol. The molecule has 2 aromatic rings. The summed E-state index contributed by atoms with van der Waals surface area (Å²) in [7, 11) is 2.71. The van der Waals surface area contributed by atoms with E-state index in [2.05, 4.69) is 21.0 Å². The molecule has 2 heterocycles. The number of halogens is 1. The number of hydrazone groups is 1. The summed E-state index contributed by atoms with van der Waals surface area (Å²) < 4.78 is 2.80. The third-order valence-corrected chi connectivity index (χ3v) is 5.17. The Morgan fingerprint density at radius 2 is 1.85 bits per heavy atom. The van der Waals surface area contributed by atoms with Crippen molar-refractivity contribution in [3.05, 3.63) is 60.7 Å². The van der Waals surface area contributed by atoms with Crippen molar-refractivity contribution < 1.29 is 9.90 Å². The Labute approximate surface area is 163 Å². The van der Waals surface area contributed by atoms with Crippen LogP contribution in [-0.2, 0) is 18.9 Å². The van der Waals surface area contributed by atoms with E-state index in [1.165, 1.54) is 19.1 Å². The van der Waals surface area contributed by atoms with Gasteiger partial charge in [-0.3, -0.25) is 18.7 Å². The zero-order valence-corrected chi connectivity index (χ0v) is 16.7. The summed E-state index contributed by atoms with van der Waals surface area (Å²) in [5, 5.41) is 16.1. The Hall–Kier alpha value is -2.68. The maximum atomic E-state index is 12.6. The molecule has 0 saturated carbocycles. The molecule has 142 valence electrons. The molecule has 0 spiro atoms. The summed E-state index contributed by atoms with van der Waals surface area (Å²) in [5.41, 5.74) is -0.202. The number of nitrogens with zero attached hydrogens (tertiary/aromatic N) is 4. The van der Waals surface area contributed by atoms with Gasteiger partial charge in [0.05, 0.1) is 11.8 Å². The van der Waals surface area contributed by atoms with Crippen LogP contribution in [0.1, 0.15) is 36.9 Å². The van der Waals surface area contributed by atoms with Crippen LogP contribution < -0.4 is 11.2 Å². The first-order valence-corrected chi connectivity index (χ1v) is 9.19. The number of hydrogen-bond acceptors (Lipinski definition) is 5. The number of aromatic hydroxyl groups is 1. The second-order valence-electron chi connectivity index (χ2n) is 6.31. The van der Waals surface area contributed by atoms with Crippen molar-refractivity contribution in [1.29, 1.82) is 0 Å². The normalized spacial score (nSPS) is 16.5. The van der Waals surface area contributed by atoms with E-state index >= 15 is 0 Å². The lowest BCUT2D eigenvalue weighted by Gasteiger charge is -2.21. The number of amides is 1. The van der Waals surface area contributed by atoms with Crippen molar-refractivity contribution in [2.45, 2.75) is 25.8 Å². The first-order valence-electron chi connectivity index (χ1n) is 8.40. The van der Waals surface area contributed by atoms with E-state index in [9.17, 15) is 19.5 Å². The van der Waals surface area contributed by atoms with Gasteiger partial charge in [0.25, 0.3) is 5.56 Å². The van der Waals surface area contributed by atoms with Crippen LogP contribution in [0.15, 0.2) is 43.4 Å². The molecular weight excluding hydrogens is 416 g/mol. The Balaban J connectivity index is 2.13. The number of carbonyl (C=O) groups is 1. The summed E-state index contributed by atoms with van der Waals surface area (Å²) in [4.78, 5) is 37.0. The number of carbonyl (C=O) groups excluding carboxylic acids is 1. The SMILES string of the molecule is CCC(=O)N1N=C(c2c(O)n(C)c(=O)n(C)c2=O)C[C@@H]1c1ccc(Br)cc1. The number of rotatable bonds is 3. The highest BCUT2D eigenvalue weighted by Crippen LogP contribution is 2.34. The van der Waals surface area contributed by atoms with Gasteiger partial charge in [-0.25, -0.2) is 9.80 Å². The molecule has 8 nitrogen and oxygen atoms in total. The average molecular weight is 435 g/mol. The molecule has 0 bridgehead atoms. The van der Waals surface area contributed by atoms with E-state index in [1.54, 1.807) is 6.92 Å². The third-order valence-electron chi connectivity index (χ3n) is 4.65. The second-order valence-corrected chi connectivity index (χ2v) is 7.23. The van der Waals surface area contributed by atoms with Gasteiger partial charge in [-0.15, -0.1) is 0 Å². The molecule has 0 fully saturated rings. The van der Waals surface area contributed by atoms with Crippen molar-refractivity contribution in [3.8, 4) is 5.88 Å². The number of hydrogen-bond donors (Lipinski definition) is 1.